The normalized spacial score (nSPS) is 12.7. The van der Waals surface area contributed by atoms with Crippen LogP contribution in [0.2, 0.25) is 0 Å². The highest BCUT2D eigenvalue weighted by atomic mass is 35.5. The Hall–Kier alpha value is -0.270. The zero-order valence-corrected chi connectivity index (χ0v) is 6.06. The molecule has 1 nitrogen and oxygen atoms in total. The van der Waals surface area contributed by atoms with Crippen molar-refractivity contribution in [2.24, 2.45) is 0 Å². The van der Waals surface area contributed by atoms with Gasteiger partial charge in [0.05, 0.1) is 6.10 Å². The largest absolute Gasteiger partial charge is 0.392 e. The molecule has 0 saturated heterocycles. The lowest BCUT2D eigenvalue weighted by Gasteiger charge is -2.04. The molecule has 52 valence electrons. The van der Waals surface area contributed by atoms with Crippen molar-refractivity contribution in [1.29, 1.82) is 0 Å². The summed E-state index contributed by atoms with van der Waals surface area (Å²) in [6, 6.07) is 0. The van der Waals surface area contributed by atoms with Gasteiger partial charge in [-0.3, -0.25) is 0 Å². The Morgan fingerprint density at radius 1 is 1.78 bits per heavy atom. The van der Waals surface area contributed by atoms with Crippen molar-refractivity contribution >= 4 is 11.6 Å². The molecular weight excluding hydrogens is 136 g/mol. The fourth-order valence-corrected chi connectivity index (χ4v) is 0.550. The Bertz CT molecular complexity index is 109. The first-order chi connectivity index (χ1) is 4.20. The Labute approximate surface area is 60.6 Å². The summed E-state index contributed by atoms with van der Waals surface area (Å²) in [6.07, 6.45) is 1.67. The van der Waals surface area contributed by atoms with Gasteiger partial charge in [-0.2, -0.15) is 0 Å². The van der Waals surface area contributed by atoms with E-state index in [1.807, 2.05) is 0 Å². The number of alkyl halides is 1. The molecule has 1 N–H and O–H groups in total. The molecule has 0 aromatic carbocycles. The van der Waals surface area contributed by atoms with Gasteiger partial charge in [0, 0.05) is 5.88 Å². The average Bonchev–Trinajstić information content (AvgIpc) is 1.87. The predicted molar refractivity (Wildman–Crippen MR) is 40.7 cm³/mol. The van der Waals surface area contributed by atoms with E-state index < -0.39 is 6.10 Å². The first kappa shape index (κ1) is 8.73. The number of allylic oxidation sites excluding steroid dienone is 1. The second-order valence-electron chi connectivity index (χ2n) is 1.87. The van der Waals surface area contributed by atoms with Gasteiger partial charge in [0.1, 0.15) is 0 Å². The molecule has 2 heteroatoms. The molecule has 9 heavy (non-hydrogen) atoms. The molecule has 0 rings (SSSR count). The number of hydrogen-bond donors (Lipinski definition) is 1. The molecule has 0 heterocycles. The van der Waals surface area contributed by atoms with E-state index in [1.54, 1.807) is 6.08 Å². The minimum absolute atomic E-state index is 0.257. The summed E-state index contributed by atoms with van der Waals surface area (Å²) in [5, 5.41) is 8.92. The Morgan fingerprint density at radius 2 is 2.33 bits per heavy atom. The lowest BCUT2D eigenvalue weighted by atomic mass is 10.1. The van der Waals surface area contributed by atoms with Crippen molar-refractivity contribution in [3.63, 3.8) is 0 Å². The quantitative estimate of drug-likeness (QED) is 0.473. The number of aliphatic hydroxyl groups is 1. The maximum absolute atomic E-state index is 8.92. The summed E-state index contributed by atoms with van der Waals surface area (Å²) in [5.41, 5.74) is 0.822. The first-order valence-corrected chi connectivity index (χ1v) is 3.28. The second-order valence-corrected chi connectivity index (χ2v) is 2.18. The number of aliphatic hydroxyl groups excluding tert-OH is 1. The lowest BCUT2D eigenvalue weighted by Crippen LogP contribution is -2.07. The summed E-state index contributed by atoms with van der Waals surface area (Å²) in [6.45, 7) is 7.12. The van der Waals surface area contributed by atoms with Gasteiger partial charge in [-0.1, -0.05) is 24.8 Å². The maximum Gasteiger partial charge on any atom is 0.0715 e. The highest BCUT2D eigenvalue weighted by Gasteiger charge is 2.00. The van der Waals surface area contributed by atoms with Gasteiger partial charge >= 0.3 is 0 Å². The van der Waals surface area contributed by atoms with Crippen molar-refractivity contribution in [1.82, 2.24) is 0 Å². The van der Waals surface area contributed by atoms with Crippen molar-refractivity contribution in [3.8, 4) is 0 Å². The molecule has 1 atom stereocenters. The molecule has 0 aromatic rings. The van der Waals surface area contributed by atoms with Crippen LogP contribution in [0.5, 0.6) is 0 Å². The van der Waals surface area contributed by atoms with Crippen molar-refractivity contribution in [3.05, 3.63) is 24.8 Å². The SMILES string of the molecule is C=CC(=C)C[C@@H](O)CCl. The standard InChI is InChI=1S/C7H11ClO/c1-3-6(2)4-7(9)5-8/h3,7,9H,1-2,4-5H2/t7-/m1/s1. The molecule has 0 amide bonds. The highest BCUT2D eigenvalue weighted by Crippen LogP contribution is 2.04. The van der Waals surface area contributed by atoms with E-state index in [-0.39, 0.29) is 5.88 Å². The van der Waals surface area contributed by atoms with Crippen LogP contribution in [0.1, 0.15) is 6.42 Å². The zero-order chi connectivity index (χ0) is 7.28. The van der Waals surface area contributed by atoms with Crippen LogP contribution in [0.15, 0.2) is 24.8 Å². The van der Waals surface area contributed by atoms with Gasteiger partial charge in [0.2, 0.25) is 0 Å². The number of halogens is 1. The molecule has 0 aliphatic carbocycles. The molecule has 0 fully saturated rings. The third-order valence-corrected chi connectivity index (χ3v) is 1.32. The molecule has 0 radical (unpaired) electrons. The van der Waals surface area contributed by atoms with Gasteiger partial charge in [-0.25, -0.2) is 0 Å². The molecule has 0 unspecified atom stereocenters. The fraction of sp³-hybridized carbons (Fsp3) is 0.429. The highest BCUT2D eigenvalue weighted by molar-refractivity contribution is 6.18. The van der Waals surface area contributed by atoms with Crippen LogP contribution in [0.25, 0.3) is 0 Å². The average molecular weight is 147 g/mol. The maximum atomic E-state index is 8.92. The smallest absolute Gasteiger partial charge is 0.0715 e. The van der Waals surface area contributed by atoms with Crippen LogP contribution in [0, 0.1) is 0 Å². The van der Waals surface area contributed by atoms with Gasteiger partial charge in [0.15, 0.2) is 0 Å². The third kappa shape index (κ3) is 4.25. The van der Waals surface area contributed by atoms with Gasteiger partial charge in [0.25, 0.3) is 0 Å². The molecule has 0 aromatic heterocycles. The Morgan fingerprint density at radius 3 is 2.67 bits per heavy atom. The Kier molecular flexibility index (Phi) is 4.46. The van der Waals surface area contributed by atoms with E-state index in [4.69, 9.17) is 16.7 Å². The predicted octanol–water partition coefficient (Wildman–Crippen LogP) is 1.72. The van der Waals surface area contributed by atoms with Crippen molar-refractivity contribution in [2.75, 3.05) is 5.88 Å². The van der Waals surface area contributed by atoms with Gasteiger partial charge < -0.3 is 5.11 Å². The van der Waals surface area contributed by atoms with Crippen molar-refractivity contribution < 1.29 is 5.11 Å². The number of hydrogen-bond acceptors (Lipinski definition) is 1. The molecule has 0 bridgehead atoms. The first-order valence-electron chi connectivity index (χ1n) is 2.75. The minimum Gasteiger partial charge on any atom is -0.392 e. The molecule has 0 spiro atoms. The van der Waals surface area contributed by atoms with E-state index in [1.165, 1.54) is 0 Å². The van der Waals surface area contributed by atoms with E-state index in [0.29, 0.717) is 6.42 Å². The van der Waals surface area contributed by atoms with Crippen LogP contribution < -0.4 is 0 Å². The van der Waals surface area contributed by atoms with E-state index in [0.717, 1.165) is 5.57 Å². The third-order valence-electron chi connectivity index (χ3n) is 0.965. The van der Waals surface area contributed by atoms with Gasteiger partial charge in [-0.15, -0.1) is 11.6 Å². The Balaban J connectivity index is 3.46. The van der Waals surface area contributed by atoms with Crippen LogP contribution in [-0.2, 0) is 0 Å². The van der Waals surface area contributed by atoms with E-state index >= 15 is 0 Å². The monoisotopic (exact) mass is 146 g/mol. The van der Waals surface area contributed by atoms with Crippen LogP contribution in [0.3, 0.4) is 0 Å². The van der Waals surface area contributed by atoms with E-state index in [9.17, 15) is 0 Å². The number of rotatable bonds is 4. The summed E-state index contributed by atoms with van der Waals surface area (Å²) in [7, 11) is 0. The second kappa shape index (κ2) is 4.59. The summed E-state index contributed by atoms with van der Waals surface area (Å²) < 4.78 is 0. The summed E-state index contributed by atoms with van der Waals surface area (Å²) >= 11 is 5.33. The fourth-order valence-electron chi connectivity index (χ4n) is 0.441. The summed E-state index contributed by atoms with van der Waals surface area (Å²) in [4.78, 5) is 0. The van der Waals surface area contributed by atoms with Gasteiger partial charge in [-0.05, 0) is 6.42 Å². The topological polar surface area (TPSA) is 20.2 Å². The van der Waals surface area contributed by atoms with E-state index in [2.05, 4.69) is 13.2 Å². The van der Waals surface area contributed by atoms with Crippen molar-refractivity contribution in [2.45, 2.75) is 12.5 Å². The molecule has 0 saturated carbocycles. The van der Waals surface area contributed by atoms with Crippen LogP contribution in [-0.4, -0.2) is 17.1 Å². The summed E-state index contributed by atoms with van der Waals surface area (Å²) in [5.74, 6) is 0.257. The molecule has 0 aliphatic heterocycles. The van der Waals surface area contributed by atoms with Crippen LogP contribution >= 0.6 is 11.6 Å². The molecule has 0 aliphatic rings. The molecular formula is C7H11ClO. The zero-order valence-electron chi connectivity index (χ0n) is 5.31. The minimum atomic E-state index is -0.475. The van der Waals surface area contributed by atoms with Crippen LogP contribution in [0.4, 0.5) is 0 Å². The lowest BCUT2D eigenvalue weighted by molar-refractivity contribution is 0.199.